The minimum absolute atomic E-state index is 0. The minimum Gasteiger partial charge on any atom is -0.507 e. The normalized spacial score (nSPS) is 16.5. The molecule has 3 rings (SSSR count). The Hall–Kier alpha value is -1.44. The van der Waals surface area contributed by atoms with Crippen molar-refractivity contribution in [3.8, 4) is 11.5 Å². The van der Waals surface area contributed by atoms with E-state index in [9.17, 15) is 5.11 Å². The van der Waals surface area contributed by atoms with Crippen LogP contribution in [0.15, 0.2) is 23.8 Å². The smallest absolute Gasteiger partial charge is 0.127 e. The Kier molecular flexibility index (Phi) is 47.0. The van der Waals surface area contributed by atoms with Crippen molar-refractivity contribution in [3.05, 3.63) is 34.9 Å². The van der Waals surface area contributed by atoms with Crippen molar-refractivity contribution in [2.45, 2.75) is 167 Å². The van der Waals surface area contributed by atoms with E-state index in [1.165, 1.54) is 30.4 Å². The second-order valence-electron chi connectivity index (χ2n) is 7.87. The Morgan fingerprint density at radius 2 is 1.37 bits per heavy atom. The standard InChI is InChI=1S/C21H30O2.12CH4/c1-5-6-7-8-15-12-18(22)20-16-11-14(2)9-10-17(16)21(3,4)23-19(20)13-15;;;;;;;;;;;;/h11-13,16-17,22H,5-10H2,1-4H3;12*1H4/t16-,17-;;;;;;;;;;;;/m0............/s1. The third-order valence-electron chi connectivity index (χ3n) is 5.60. The quantitative estimate of drug-likeness (QED) is 0.325. The van der Waals surface area contributed by atoms with Gasteiger partial charge < -0.3 is 9.84 Å². The zero-order chi connectivity index (χ0) is 16.6. The number of ether oxygens (including phenoxy) is 1. The van der Waals surface area contributed by atoms with Crippen LogP contribution in [0, 0.1) is 5.92 Å². The highest BCUT2D eigenvalue weighted by molar-refractivity contribution is 5.53. The molecule has 35 heavy (non-hydrogen) atoms. The molecule has 1 heterocycles. The van der Waals surface area contributed by atoms with Gasteiger partial charge in [0, 0.05) is 17.4 Å². The van der Waals surface area contributed by atoms with Crippen molar-refractivity contribution in [3.63, 3.8) is 0 Å². The predicted molar refractivity (Wildman–Crippen MR) is 176 cm³/mol. The van der Waals surface area contributed by atoms with Gasteiger partial charge >= 0.3 is 0 Å². The maximum absolute atomic E-state index is 10.7. The van der Waals surface area contributed by atoms with Gasteiger partial charge in [0.1, 0.15) is 17.1 Å². The number of benzene rings is 1. The molecule has 0 bridgehead atoms. The molecule has 1 aromatic carbocycles. The van der Waals surface area contributed by atoms with Gasteiger partial charge in [-0.05, 0) is 64.2 Å². The van der Waals surface area contributed by atoms with Crippen molar-refractivity contribution in [1.82, 2.24) is 0 Å². The number of aromatic hydroxyl groups is 1. The van der Waals surface area contributed by atoms with Crippen LogP contribution in [0.3, 0.4) is 0 Å². The predicted octanol–water partition coefficient (Wildman–Crippen LogP) is 13.4. The summed E-state index contributed by atoms with van der Waals surface area (Å²) in [5.41, 5.74) is 3.46. The van der Waals surface area contributed by atoms with Crippen LogP contribution < -0.4 is 4.74 Å². The first-order valence-electron chi connectivity index (χ1n) is 9.14. The minimum atomic E-state index is -0.177. The maximum atomic E-state index is 10.7. The summed E-state index contributed by atoms with van der Waals surface area (Å²) in [6, 6.07) is 4.13. The number of phenols is 1. The number of fused-ring (bicyclic) bond motifs is 3. The molecular formula is C33H78O2. The molecule has 1 aliphatic carbocycles. The lowest BCUT2D eigenvalue weighted by molar-refractivity contribution is 0.0107. The monoisotopic (exact) mass is 507 g/mol. The highest BCUT2D eigenvalue weighted by atomic mass is 16.5. The van der Waals surface area contributed by atoms with Crippen LogP contribution in [0.1, 0.15) is 166 Å². The van der Waals surface area contributed by atoms with Crippen molar-refractivity contribution in [2.75, 3.05) is 0 Å². The number of hydrogen-bond donors (Lipinski definition) is 1. The van der Waals surface area contributed by atoms with E-state index >= 15 is 0 Å². The molecule has 1 aliphatic heterocycles. The molecule has 0 spiro atoms. The maximum Gasteiger partial charge on any atom is 0.127 e. The molecule has 0 aromatic heterocycles. The topological polar surface area (TPSA) is 29.5 Å². The molecule has 2 aliphatic rings. The summed E-state index contributed by atoms with van der Waals surface area (Å²) in [5.74, 6) is 2.04. The van der Waals surface area contributed by atoms with E-state index in [4.69, 9.17) is 4.74 Å². The van der Waals surface area contributed by atoms with Crippen LogP contribution in [-0.2, 0) is 6.42 Å². The summed E-state index contributed by atoms with van der Waals surface area (Å²) < 4.78 is 6.36. The van der Waals surface area contributed by atoms with Crippen molar-refractivity contribution < 1.29 is 9.84 Å². The van der Waals surface area contributed by atoms with Crippen LogP contribution >= 0.6 is 0 Å². The molecule has 0 radical (unpaired) electrons. The molecule has 2 nitrogen and oxygen atoms in total. The first kappa shape index (κ1) is 64.1. The zero-order valence-electron chi connectivity index (χ0n) is 15.0. The fourth-order valence-corrected chi connectivity index (χ4v) is 4.30. The van der Waals surface area contributed by atoms with Gasteiger partial charge in [-0.15, -0.1) is 0 Å². The zero-order valence-corrected chi connectivity index (χ0v) is 15.0. The first-order valence-corrected chi connectivity index (χ1v) is 9.14. The Morgan fingerprint density at radius 3 is 1.86 bits per heavy atom. The highest BCUT2D eigenvalue weighted by Crippen LogP contribution is 2.53. The second-order valence-corrected chi connectivity index (χ2v) is 7.87. The van der Waals surface area contributed by atoms with Crippen LogP contribution in [-0.4, -0.2) is 10.7 Å². The highest BCUT2D eigenvalue weighted by Gasteiger charge is 2.45. The Balaban J connectivity index is -0.0000000651. The lowest BCUT2D eigenvalue weighted by Gasteiger charge is -2.46. The summed E-state index contributed by atoms with van der Waals surface area (Å²) in [6.45, 7) is 8.81. The molecule has 0 saturated carbocycles. The van der Waals surface area contributed by atoms with E-state index < -0.39 is 0 Å². The number of phenolic OH excluding ortho intramolecular Hbond substituents is 1. The number of hydrogen-bond acceptors (Lipinski definition) is 2. The van der Waals surface area contributed by atoms with E-state index in [2.05, 4.69) is 39.8 Å². The Morgan fingerprint density at radius 1 is 0.857 bits per heavy atom. The average Bonchev–Trinajstić information content (AvgIpc) is 2.46. The van der Waals surface area contributed by atoms with Crippen LogP contribution in [0.25, 0.3) is 0 Å². The molecule has 2 atom stereocenters. The molecule has 0 fully saturated rings. The Bertz CT molecular complexity index is 614. The first-order chi connectivity index (χ1) is 10.9. The van der Waals surface area contributed by atoms with Crippen LogP contribution in [0.4, 0.5) is 0 Å². The summed E-state index contributed by atoms with van der Waals surface area (Å²) in [5, 5.41) is 10.7. The van der Waals surface area contributed by atoms with E-state index in [0.717, 1.165) is 30.6 Å². The molecule has 1 aromatic rings. The average molecular weight is 507 g/mol. The number of rotatable bonds is 4. The molecular weight excluding hydrogens is 428 g/mol. The van der Waals surface area contributed by atoms with E-state index in [0.29, 0.717) is 11.7 Å². The van der Waals surface area contributed by atoms with Crippen molar-refractivity contribution in [2.24, 2.45) is 5.92 Å². The molecule has 222 valence electrons. The van der Waals surface area contributed by atoms with Gasteiger partial charge in [-0.25, -0.2) is 0 Å². The molecule has 0 unspecified atom stereocenters. The fourth-order valence-electron chi connectivity index (χ4n) is 4.30. The van der Waals surface area contributed by atoms with Crippen molar-refractivity contribution >= 4 is 0 Å². The van der Waals surface area contributed by atoms with E-state index in [-0.39, 0.29) is 101 Å². The summed E-state index contributed by atoms with van der Waals surface area (Å²) >= 11 is 0. The Labute approximate surface area is 229 Å². The van der Waals surface area contributed by atoms with Crippen molar-refractivity contribution in [1.29, 1.82) is 0 Å². The molecule has 0 amide bonds. The van der Waals surface area contributed by atoms with E-state index in [1.54, 1.807) is 0 Å². The summed E-state index contributed by atoms with van der Waals surface area (Å²) in [7, 11) is 0. The van der Waals surface area contributed by atoms with Crippen LogP contribution in [0.5, 0.6) is 11.5 Å². The van der Waals surface area contributed by atoms with Gasteiger partial charge in [0.05, 0.1) is 0 Å². The largest absolute Gasteiger partial charge is 0.507 e. The lowest BCUT2D eigenvalue weighted by Crippen LogP contribution is -2.45. The fraction of sp³-hybridized carbons (Fsp3) is 0.758. The number of unbranched alkanes of at least 4 members (excludes halogenated alkanes) is 2. The van der Waals surface area contributed by atoms with Crippen LogP contribution in [0.2, 0.25) is 0 Å². The molecule has 0 saturated heterocycles. The SMILES string of the molecule is C.C.C.C.C.C.C.C.C.C.C.C.CCCCCc1cc(O)c2c(c1)OC(C)(C)[C@H]1CCC(C)=C[C@H]21. The second kappa shape index (κ2) is 25.6. The van der Waals surface area contributed by atoms with E-state index in [1.807, 2.05) is 6.07 Å². The third kappa shape index (κ3) is 13.4. The molecule has 1 N–H and O–H groups in total. The van der Waals surface area contributed by atoms with Gasteiger partial charge in [-0.3, -0.25) is 0 Å². The van der Waals surface area contributed by atoms with Gasteiger partial charge in [0.15, 0.2) is 0 Å². The summed E-state index contributed by atoms with van der Waals surface area (Å²) in [6.07, 6.45) is 9.26. The lowest BCUT2D eigenvalue weighted by atomic mass is 9.68. The van der Waals surface area contributed by atoms with Gasteiger partial charge in [0.2, 0.25) is 0 Å². The number of allylic oxidation sites excluding steroid dienone is 2. The summed E-state index contributed by atoms with van der Waals surface area (Å²) in [4.78, 5) is 0. The van der Waals surface area contributed by atoms with Gasteiger partial charge in [-0.2, -0.15) is 0 Å². The van der Waals surface area contributed by atoms with Gasteiger partial charge in [-0.1, -0.05) is 121 Å². The third-order valence-corrected chi connectivity index (χ3v) is 5.60. The number of aryl methyl sites for hydroxylation is 1. The molecule has 2 heteroatoms. The van der Waals surface area contributed by atoms with Gasteiger partial charge in [0.25, 0.3) is 0 Å².